The predicted molar refractivity (Wildman–Crippen MR) is 105 cm³/mol. The van der Waals surface area contributed by atoms with Gasteiger partial charge in [-0.3, -0.25) is 4.79 Å². The van der Waals surface area contributed by atoms with Crippen LogP contribution >= 0.6 is 43.2 Å². The van der Waals surface area contributed by atoms with Crippen molar-refractivity contribution in [3.63, 3.8) is 0 Å². The second kappa shape index (κ2) is 7.08. The lowest BCUT2D eigenvalue weighted by molar-refractivity contribution is -0.118. The number of nitrogens with zero attached hydrogens (tertiary/aromatic N) is 1. The number of anilines is 2. The maximum Gasteiger partial charge on any atom is 0.262 e. The molecule has 124 valence electrons. The largest absolute Gasteiger partial charge is 0.482 e. The Hall–Kier alpha value is -1.64. The van der Waals surface area contributed by atoms with E-state index in [1.54, 1.807) is 6.07 Å². The molecule has 0 saturated heterocycles. The predicted octanol–water partition coefficient (Wildman–Crippen LogP) is 4.73. The molecule has 0 aliphatic carbocycles. The minimum absolute atomic E-state index is 0.0794. The van der Waals surface area contributed by atoms with Crippen LogP contribution in [-0.2, 0) is 4.79 Å². The van der Waals surface area contributed by atoms with E-state index in [0.717, 1.165) is 24.7 Å². The molecule has 1 heterocycles. The number of aromatic nitrogens is 1. The Labute approximate surface area is 159 Å². The number of amides is 1. The van der Waals surface area contributed by atoms with Crippen LogP contribution in [0.5, 0.6) is 5.75 Å². The van der Waals surface area contributed by atoms with Crippen molar-refractivity contribution in [2.45, 2.75) is 6.92 Å². The van der Waals surface area contributed by atoms with E-state index >= 15 is 0 Å². The van der Waals surface area contributed by atoms with Gasteiger partial charge >= 0.3 is 0 Å². The highest BCUT2D eigenvalue weighted by Crippen LogP contribution is 2.32. The van der Waals surface area contributed by atoms with Crippen molar-refractivity contribution >= 4 is 70.1 Å². The van der Waals surface area contributed by atoms with E-state index in [-0.39, 0.29) is 12.5 Å². The topological polar surface area (TPSA) is 77.2 Å². The van der Waals surface area contributed by atoms with E-state index in [9.17, 15) is 4.79 Å². The number of thiazole rings is 1. The first kappa shape index (κ1) is 17.2. The molecular weight excluding hydrogens is 458 g/mol. The van der Waals surface area contributed by atoms with Gasteiger partial charge in [0.15, 0.2) is 11.7 Å². The van der Waals surface area contributed by atoms with Crippen LogP contribution in [0.15, 0.2) is 39.3 Å². The summed E-state index contributed by atoms with van der Waals surface area (Å²) < 4.78 is 8.31. The molecule has 3 rings (SSSR count). The quantitative estimate of drug-likeness (QED) is 0.577. The van der Waals surface area contributed by atoms with Gasteiger partial charge in [0.25, 0.3) is 5.91 Å². The average molecular weight is 471 g/mol. The highest BCUT2D eigenvalue weighted by Gasteiger charge is 2.10. The van der Waals surface area contributed by atoms with Gasteiger partial charge in [-0.25, -0.2) is 4.98 Å². The lowest BCUT2D eigenvalue weighted by atomic mass is 10.2. The zero-order valence-corrected chi connectivity index (χ0v) is 16.6. The number of nitrogens with one attached hydrogen (secondary N) is 1. The molecule has 1 amide bonds. The highest BCUT2D eigenvalue weighted by atomic mass is 79.9. The third kappa shape index (κ3) is 3.88. The maximum atomic E-state index is 12.1. The number of nitrogen functional groups attached to an aromatic ring is 1. The summed E-state index contributed by atoms with van der Waals surface area (Å²) in [7, 11) is 0. The summed E-state index contributed by atoms with van der Waals surface area (Å²) in [4.78, 5) is 16.3. The van der Waals surface area contributed by atoms with Crippen LogP contribution in [-0.4, -0.2) is 17.5 Å². The van der Waals surface area contributed by atoms with Crippen molar-refractivity contribution in [3.05, 3.63) is 44.8 Å². The van der Waals surface area contributed by atoms with E-state index < -0.39 is 0 Å². The normalized spacial score (nSPS) is 10.8. The first-order valence-electron chi connectivity index (χ1n) is 6.97. The van der Waals surface area contributed by atoms with Crippen molar-refractivity contribution in [1.82, 2.24) is 4.98 Å². The van der Waals surface area contributed by atoms with Gasteiger partial charge in [0.1, 0.15) is 5.75 Å². The van der Waals surface area contributed by atoms with Gasteiger partial charge in [-0.15, -0.1) is 0 Å². The van der Waals surface area contributed by atoms with E-state index in [0.29, 0.717) is 16.6 Å². The average Bonchev–Trinajstić information content (AvgIpc) is 2.85. The number of fused-ring (bicyclic) bond motifs is 1. The Morgan fingerprint density at radius 3 is 2.88 bits per heavy atom. The lowest BCUT2D eigenvalue weighted by Gasteiger charge is -2.12. The Morgan fingerprint density at radius 1 is 1.33 bits per heavy atom. The van der Waals surface area contributed by atoms with Gasteiger partial charge in [0, 0.05) is 10.2 Å². The van der Waals surface area contributed by atoms with Crippen LogP contribution in [0.2, 0.25) is 0 Å². The van der Waals surface area contributed by atoms with E-state index in [2.05, 4.69) is 42.2 Å². The molecule has 0 radical (unpaired) electrons. The fourth-order valence-corrected chi connectivity index (χ4v) is 4.55. The molecule has 3 aromatic rings. The summed E-state index contributed by atoms with van der Waals surface area (Å²) in [6.07, 6.45) is 0. The smallest absolute Gasteiger partial charge is 0.262 e. The minimum atomic E-state index is -0.235. The first-order valence-corrected chi connectivity index (χ1v) is 9.37. The van der Waals surface area contributed by atoms with Crippen molar-refractivity contribution < 1.29 is 9.53 Å². The van der Waals surface area contributed by atoms with Gasteiger partial charge in [-0.1, -0.05) is 27.3 Å². The molecule has 1 aromatic heterocycles. The molecule has 5 nitrogen and oxygen atoms in total. The van der Waals surface area contributed by atoms with Gasteiger partial charge in [0.05, 0.1) is 14.7 Å². The van der Waals surface area contributed by atoms with Gasteiger partial charge in [0.2, 0.25) is 0 Å². The molecule has 2 aromatic carbocycles. The maximum absolute atomic E-state index is 12.1. The fourth-order valence-electron chi connectivity index (χ4n) is 2.23. The van der Waals surface area contributed by atoms with Crippen molar-refractivity contribution in [3.8, 4) is 5.75 Å². The van der Waals surface area contributed by atoms with E-state index in [1.165, 1.54) is 11.3 Å². The highest BCUT2D eigenvalue weighted by molar-refractivity contribution is 9.11. The number of hydrogen-bond acceptors (Lipinski definition) is 5. The molecule has 0 unspecified atom stereocenters. The van der Waals surface area contributed by atoms with E-state index in [1.807, 2.05) is 31.2 Å². The zero-order valence-electron chi connectivity index (χ0n) is 12.6. The SMILES string of the molecule is Cc1cc(Br)cc(Br)c1OCC(=O)Nc1ccc2nc(N)sc2c1. The number of hydrogen-bond donors (Lipinski definition) is 2. The summed E-state index contributed by atoms with van der Waals surface area (Å²) in [6.45, 7) is 1.84. The number of rotatable bonds is 4. The number of halogens is 2. The molecule has 0 aliphatic heterocycles. The summed E-state index contributed by atoms with van der Waals surface area (Å²) in [5.41, 5.74) is 8.13. The molecule has 0 aliphatic rings. The molecule has 3 N–H and O–H groups in total. The van der Waals surface area contributed by atoms with Crippen LogP contribution in [0.3, 0.4) is 0 Å². The molecule has 0 atom stereocenters. The Kier molecular flexibility index (Phi) is 5.07. The Bertz CT molecular complexity index is 904. The van der Waals surface area contributed by atoms with Crippen LogP contribution in [0, 0.1) is 6.92 Å². The third-order valence-electron chi connectivity index (χ3n) is 3.23. The monoisotopic (exact) mass is 469 g/mol. The zero-order chi connectivity index (χ0) is 17.3. The van der Waals surface area contributed by atoms with Gasteiger partial charge < -0.3 is 15.8 Å². The van der Waals surface area contributed by atoms with Crippen molar-refractivity contribution in [1.29, 1.82) is 0 Å². The minimum Gasteiger partial charge on any atom is -0.482 e. The summed E-state index contributed by atoms with van der Waals surface area (Å²) in [6, 6.07) is 9.28. The molecule has 0 spiro atoms. The second-order valence-electron chi connectivity index (χ2n) is 5.11. The number of carbonyl (C=O) groups excluding carboxylic acids is 1. The van der Waals surface area contributed by atoms with Crippen molar-refractivity contribution in [2.24, 2.45) is 0 Å². The van der Waals surface area contributed by atoms with Crippen LogP contribution < -0.4 is 15.8 Å². The van der Waals surface area contributed by atoms with Crippen LogP contribution in [0.1, 0.15) is 5.56 Å². The summed E-state index contributed by atoms with van der Waals surface area (Å²) >= 11 is 8.24. The van der Waals surface area contributed by atoms with Crippen molar-refractivity contribution in [2.75, 3.05) is 17.7 Å². The molecular formula is C16H13Br2N3O2S. The fraction of sp³-hybridized carbons (Fsp3) is 0.125. The molecule has 24 heavy (non-hydrogen) atoms. The van der Waals surface area contributed by atoms with Crippen LogP contribution in [0.25, 0.3) is 10.2 Å². The summed E-state index contributed by atoms with van der Waals surface area (Å²) in [5.74, 6) is 0.417. The first-order chi connectivity index (χ1) is 11.4. The standard InChI is InChI=1S/C16H13Br2N3O2S/c1-8-4-9(17)5-11(18)15(8)23-7-14(22)20-10-2-3-12-13(6-10)24-16(19)21-12/h2-6H,7H2,1H3,(H2,19,21)(H,20,22). The Balaban J connectivity index is 1.67. The van der Waals surface area contributed by atoms with Gasteiger partial charge in [-0.05, 0) is 58.7 Å². The number of aryl methyl sites for hydroxylation is 1. The second-order valence-corrected chi connectivity index (χ2v) is 7.94. The third-order valence-corrected chi connectivity index (χ3v) is 5.12. The number of benzene rings is 2. The molecule has 0 bridgehead atoms. The number of nitrogens with two attached hydrogens (primary N) is 1. The number of carbonyl (C=O) groups is 1. The molecule has 0 saturated carbocycles. The Morgan fingerprint density at radius 2 is 2.12 bits per heavy atom. The molecule has 8 heteroatoms. The summed E-state index contributed by atoms with van der Waals surface area (Å²) in [5, 5.41) is 3.32. The lowest BCUT2D eigenvalue weighted by Crippen LogP contribution is -2.20. The number of ether oxygens (including phenoxy) is 1. The van der Waals surface area contributed by atoms with E-state index in [4.69, 9.17) is 10.5 Å². The molecule has 0 fully saturated rings. The van der Waals surface area contributed by atoms with Crippen LogP contribution in [0.4, 0.5) is 10.8 Å². The van der Waals surface area contributed by atoms with Gasteiger partial charge in [-0.2, -0.15) is 0 Å².